The number of esters is 1. The number of rotatable bonds is 12. The molecule has 0 fully saturated rings. The van der Waals surface area contributed by atoms with Gasteiger partial charge in [0.05, 0.1) is 17.2 Å². The van der Waals surface area contributed by atoms with E-state index < -0.39 is 40.4 Å². The molecule has 0 heterocycles. The van der Waals surface area contributed by atoms with Crippen LogP contribution in [-0.4, -0.2) is 39.0 Å². The molecule has 3 aromatic rings. The number of ether oxygens (including phenoxy) is 1. The smallest absolute Gasteiger partial charge is 0.376 e. The summed E-state index contributed by atoms with van der Waals surface area (Å²) < 4.78 is 58.0. The number of hydrogen-bond donors (Lipinski definition) is 0. The molecule has 0 atom stereocenters. The Morgan fingerprint density at radius 2 is 1.43 bits per heavy atom. The molecule has 0 spiro atoms. The number of hydrogen-bond acceptors (Lipinski definition) is 6. The molecule has 0 N–H and O–H groups in total. The van der Waals surface area contributed by atoms with Gasteiger partial charge >= 0.3 is 11.9 Å². The molecule has 3 rings (SSSR count). The molecule has 0 saturated carbocycles. The fourth-order valence-electron chi connectivity index (χ4n) is 3.83. The Bertz CT molecular complexity index is 1290. The summed E-state index contributed by atoms with van der Waals surface area (Å²) in [6, 6.07) is 23.2. The highest BCUT2D eigenvalue weighted by atomic mass is 32.2. The van der Waals surface area contributed by atoms with E-state index in [0.29, 0.717) is 18.8 Å². The summed E-state index contributed by atoms with van der Waals surface area (Å²) in [5.74, 6) is -6.20. The highest BCUT2D eigenvalue weighted by molar-refractivity contribution is 7.90. The van der Waals surface area contributed by atoms with Crippen LogP contribution in [0.25, 0.3) is 0 Å². The minimum atomic E-state index is -3.81. The quantitative estimate of drug-likeness (QED) is 0.229. The summed E-state index contributed by atoms with van der Waals surface area (Å²) >= 11 is 0. The molecule has 0 unspecified atom stereocenters. The summed E-state index contributed by atoms with van der Waals surface area (Å²) in [5, 5.41) is 0. The molecule has 0 saturated heterocycles. The van der Waals surface area contributed by atoms with Crippen molar-refractivity contribution >= 4 is 27.3 Å². The van der Waals surface area contributed by atoms with Crippen molar-refractivity contribution in [2.45, 2.75) is 43.7 Å². The third-order valence-corrected chi connectivity index (χ3v) is 6.82. The Morgan fingerprint density at radius 3 is 1.92 bits per heavy atom. The van der Waals surface area contributed by atoms with Gasteiger partial charge in [0.25, 0.3) is 0 Å². The van der Waals surface area contributed by atoms with Gasteiger partial charge in [0.15, 0.2) is 15.6 Å². The number of Topliss-reactive ketones (excluding diaryl/α,β-unsaturated/α-hetero) is 1. The summed E-state index contributed by atoms with van der Waals surface area (Å²) in [4.78, 5) is 26.0. The van der Waals surface area contributed by atoms with Crippen molar-refractivity contribution in [2.24, 2.45) is 0 Å². The zero-order valence-corrected chi connectivity index (χ0v) is 21.5. The van der Waals surface area contributed by atoms with Crippen molar-refractivity contribution in [2.75, 3.05) is 17.8 Å². The van der Waals surface area contributed by atoms with Gasteiger partial charge in [-0.15, -0.1) is 0 Å². The minimum absolute atomic E-state index is 0.0248. The molecule has 6 nitrogen and oxygen atoms in total. The van der Waals surface area contributed by atoms with E-state index in [1.807, 2.05) is 65.6 Å². The van der Waals surface area contributed by atoms with Crippen LogP contribution in [0.4, 0.5) is 14.5 Å². The fourth-order valence-corrected chi connectivity index (χ4v) is 4.75. The average Bonchev–Trinajstić information content (AvgIpc) is 2.87. The van der Waals surface area contributed by atoms with E-state index in [-0.39, 0.29) is 17.1 Å². The van der Waals surface area contributed by atoms with Gasteiger partial charge < -0.3 is 9.64 Å². The third-order valence-electron chi connectivity index (χ3n) is 5.69. The first-order valence-electron chi connectivity index (χ1n) is 11.8. The van der Waals surface area contributed by atoms with Crippen LogP contribution in [0, 0.1) is 0 Å². The van der Waals surface area contributed by atoms with E-state index in [1.165, 1.54) is 25.1 Å². The van der Waals surface area contributed by atoms with Crippen LogP contribution in [0.15, 0.2) is 83.8 Å². The highest BCUT2D eigenvalue weighted by Crippen LogP contribution is 2.31. The maximum atomic E-state index is 14.0. The second-order valence-electron chi connectivity index (χ2n) is 8.63. The lowest BCUT2D eigenvalue weighted by Gasteiger charge is -2.27. The van der Waals surface area contributed by atoms with Crippen molar-refractivity contribution in [1.82, 2.24) is 0 Å². The molecular formula is C28H29F2NO5S. The highest BCUT2D eigenvalue weighted by Gasteiger charge is 2.40. The van der Waals surface area contributed by atoms with E-state index in [4.69, 9.17) is 0 Å². The van der Waals surface area contributed by atoms with Crippen LogP contribution in [0.1, 0.15) is 41.3 Å². The number of nitrogens with zero attached hydrogens (tertiary/aromatic N) is 1. The van der Waals surface area contributed by atoms with Crippen molar-refractivity contribution < 1.29 is 31.5 Å². The first-order chi connectivity index (χ1) is 17.5. The zero-order valence-electron chi connectivity index (χ0n) is 20.7. The number of ketones is 1. The van der Waals surface area contributed by atoms with Crippen LogP contribution < -0.4 is 4.90 Å². The fraction of sp³-hybridized carbons (Fsp3) is 0.286. The summed E-state index contributed by atoms with van der Waals surface area (Å²) in [6.45, 7) is 2.00. The van der Waals surface area contributed by atoms with Gasteiger partial charge in [0.1, 0.15) is 0 Å². The van der Waals surface area contributed by atoms with Crippen molar-refractivity contribution in [3.63, 3.8) is 0 Å². The monoisotopic (exact) mass is 529 g/mol. The molecular weight excluding hydrogens is 500 g/mol. The first-order valence-corrected chi connectivity index (χ1v) is 13.7. The third kappa shape index (κ3) is 7.69. The number of halogens is 2. The lowest BCUT2D eigenvalue weighted by atomic mass is 10.0. The summed E-state index contributed by atoms with van der Waals surface area (Å²) in [6.07, 6.45) is -0.640. The molecule has 0 aliphatic carbocycles. The van der Waals surface area contributed by atoms with Crippen LogP contribution in [0.2, 0.25) is 0 Å². The van der Waals surface area contributed by atoms with Crippen LogP contribution in [0.5, 0.6) is 0 Å². The molecule has 0 aliphatic heterocycles. The molecule has 0 aliphatic rings. The molecule has 0 radical (unpaired) electrons. The van der Waals surface area contributed by atoms with E-state index in [0.717, 1.165) is 17.4 Å². The molecule has 0 amide bonds. The largest absolute Gasteiger partial charge is 0.462 e. The number of benzene rings is 3. The summed E-state index contributed by atoms with van der Waals surface area (Å²) in [7, 11) is -3.80. The lowest BCUT2D eigenvalue weighted by molar-refractivity contribution is -0.172. The maximum Gasteiger partial charge on any atom is 0.376 e. The van der Waals surface area contributed by atoms with Gasteiger partial charge in [0.2, 0.25) is 0 Å². The van der Waals surface area contributed by atoms with Crippen molar-refractivity contribution in [3.05, 3.63) is 95.6 Å². The van der Waals surface area contributed by atoms with E-state index in [9.17, 15) is 26.8 Å². The van der Waals surface area contributed by atoms with Crippen molar-refractivity contribution in [1.29, 1.82) is 0 Å². The van der Waals surface area contributed by atoms with Crippen LogP contribution in [0.3, 0.4) is 0 Å². The van der Waals surface area contributed by atoms with Gasteiger partial charge in [-0.25, -0.2) is 13.2 Å². The van der Waals surface area contributed by atoms with Crippen LogP contribution >= 0.6 is 0 Å². The molecule has 0 bridgehead atoms. The van der Waals surface area contributed by atoms with Crippen molar-refractivity contribution in [3.8, 4) is 0 Å². The van der Waals surface area contributed by atoms with Crippen LogP contribution in [-0.2, 0) is 32.5 Å². The SMILES string of the molecule is CCOC(=O)C(F)(F)CCC(=O)c1ccc(N(Cc2ccccc2)Cc2ccccc2)c(S(C)(=O)=O)c1. The Kier molecular flexibility index (Phi) is 9.15. The standard InChI is InChI=1S/C28H29F2NO5S/c1-3-36-27(33)28(29,30)17-16-25(32)23-14-15-24(26(18-23)37(2,34)35)31(19-21-10-6-4-7-11-21)20-22-12-8-5-9-13-22/h4-15,18H,3,16-17,19-20H2,1-2H3. The Hall–Kier alpha value is -3.59. The minimum Gasteiger partial charge on any atom is -0.462 e. The second-order valence-corrected chi connectivity index (χ2v) is 10.6. The Balaban J connectivity index is 1.94. The van der Waals surface area contributed by atoms with Gasteiger partial charge in [-0.05, 0) is 36.2 Å². The van der Waals surface area contributed by atoms with Gasteiger partial charge in [-0.1, -0.05) is 60.7 Å². The molecule has 0 aromatic heterocycles. The molecule has 9 heteroatoms. The summed E-state index contributed by atoms with van der Waals surface area (Å²) in [5.41, 5.74) is 2.28. The molecule has 3 aromatic carbocycles. The Labute approximate surface area is 215 Å². The average molecular weight is 530 g/mol. The lowest BCUT2D eigenvalue weighted by Crippen LogP contribution is -2.31. The zero-order chi connectivity index (χ0) is 27.1. The predicted octanol–water partition coefficient (Wildman–Crippen LogP) is 5.46. The van der Waals surface area contributed by atoms with Gasteiger partial charge in [-0.2, -0.15) is 8.78 Å². The number of sulfone groups is 1. The normalized spacial score (nSPS) is 11.7. The number of alkyl halides is 2. The van der Waals surface area contributed by atoms with E-state index in [1.54, 1.807) is 0 Å². The van der Waals surface area contributed by atoms with E-state index in [2.05, 4.69) is 4.74 Å². The Morgan fingerprint density at radius 1 is 0.892 bits per heavy atom. The predicted molar refractivity (Wildman–Crippen MR) is 137 cm³/mol. The van der Waals surface area contributed by atoms with Gasteiger partial charge in [-0.3, -0.25) is 4.79 Å². The first kappa shape index (κ1) is 28.0. The molecule has 37 heavy (non-hydrogen) atoms. The topological polar surface area (TPSA) is 80.8 Å². The van der Waals surface area contributed by atoms with Gasteiger partial charge in [0, 0.05) is 37.8 Å². The number of carbonyl (C=O) groups excluding carboxylic acids is 2. The number of carbonyl (C=O) groups is 2. The maximum absolute atomic E-state index is 14.0. The second kappa shape index (κ2) is 12.1. The number of anilines is 1. The molecule has 196 valence electrons. The van der Waals surface area contributed by atoms with E-state index >= 15 is 0 Å².